The van der Waals surface area contributed by atoms with Gasteiger partial charge in [-0.3, -0.25) is 13.9 Å². The Morgan fingerprint density at radius 3 is 2.23 bits per heavy atom. The SMILES string of the molecule is CNC(=O)c1c(-c2ccc(F)cc2)oc2cc(N(CCN(C(C)=O)C(C)C)S(C)=O)c(-c3ccccc3)cc12. The van der Waals surface area contributed by atoms with E-state index >= 15 is 0 Å². The second-order valence-corrected chi connectivity index (χ2v) is 10.7. The number of hydrogen-bond donors (Lipinski definition) is 1. The Kier molecular flexibility index (Phi) is 8.50. The van der Waals surface area contributed by atoms with E-state index in [9.17, 15) is 18.2 Å². The number of carbonyl (C=O) groups excluding carboxylic acids is 2. The molecule has 0 aliphatic rings. The molecule has 39 heavy (non-hydrogen) atoms. The van der Waals surface area contributed by atoms with Crippen LogP contribution in [0.4, 0.5) is 10.1 Å². The number of amides is 2. The highest BCUT2D eigenvalue weighted by atomic mass is 32.2. The van der Waals surface area contributed by atoms with Gasteiger partial charge < -0.3 is 14.6 Å². The van der Waals surface area contributed by atoms with Gasteiger partial charge in [-0.05, 0) is 49.7 Å². The van der Waals surface area contributed by atoms with Crippen LogP contribution < -0.4 is 9.62 Å². The van der Waals surface area contributed by atoms with Crippen LogP contribution in [-0.4, -0.2) is 53.4 Å². The summed E-state index contributed by atoms with van der Waals surface area (Å²) in [6.45, 7) is 6.10. The number of fused-ring (bicyclic) bond motifs is 1. The van der Waals surface area contributed by atoms with E-state index < -0.39 is 16.8 Å². The van der Waals surface area contributed by atoms with Crippen molar-refractivity contribution in [3.63, 3.8) is 0 Å². The molecule has 204 valence electrons. The van der Waals surface area contributed by atoms with Crippen molar-refractivity contribution in [2.75, 3.05) is 30.7 Å². The van der Waals surface area contributed by atoms with E-state index in [1.54, 1.807) is 40.7 Å². The normalized spacial score (nSPS) is 12.0. The van der Waals surface area contributed by atoms with Gasteiger partial charge in [0, 0.05) is 61.9 Å². The van der Waals surface area contributed by atoms with Crippen molar-refractivity contribution in [3.8, 4) is 22.5 Å². The Morgan fingerprint density at radius 2 is 1.67 bits per heavy atom. The van der Waals surface area contributed by atoms with Gasteiger partial charge in [-0.25, -0.2) is 8.60 Å². The Balaban J connectivity index is 1.95. The third-order valence-electron chi connectivity index (χ3n) is 6.60. The number of benzene rings is 3. The molecule has 4 rings (SSSR count). The van der Waals surface area contributed by atoms with E-state index in [4.69, 9.17) is 4.42 Å². The molecule has 9 heteroatoms. The molecule has 0 aliphatic heterocycles. The zero-order valence-corrected chi connectivity index (χ0v) is 23.5. The second-order valence-electron chi connectivity index (χ2n) is 9.46. The monoisotopic (exact) mass is 549 g/mol. The van der Waals surface area contributed by atoms with Crippen LogP contribution in [0.1, 0.15) is 31.1 Å². The molecule has 0 radical (unpaired) electrons. The van der Waals surface area contributed by atoms with Crippen molar-refractivity contribution in [3.05, 3.63) is 78.1 Å². The van der Waals surface area contributed by atoms with E-state index in [0.29, 0.717) is 46.6 Å². The largest absolute Gasteiger partial charge is 0.455 e. The van der Waals surface area contributed by atoms with Crippen LogP contribution in [0.3, 0.4) is 0 Å². The number of anilines is 1. The summed E-state index contributed by atoms with van der Waals surface area (Å²) in [5.74, 6) is -0.486. The molecule has 1 atom stereocenters. The molecule has 0 bridgehead atoms. The summed E-state index contributed by atoms with van der Waals surface area (Å²) in [6.07, 6.45) is 1.59. The van der Waals surface area contributed by atoms with Crippen molar-refractivity contribution >= 4 is 39.5 Å². The second kappa shape index (κ2) is 11.8. The first kappa shape index (κ1) is 28.0. The predicted molar refractivity (Wildman–Crippen MR) is 154 cm³/mol. The molecule has 0 spiro atoms. The van der Waals surface area contributed by atoms with E-state index in [2.05, 4.69) is 5.32 Å². The summed E-state index contributed by atoms with van der Waals surface area (Å²) in [6, 6.07) is 19.0. The fourth-order valence-electron chi connectivity index (χ4n) is 4.71. The quantitative estimate of drug-likeness (QED) is 0.294. The van der Waals surface area contributed by atoms with Gasteiger partial charge in [-0.2, -0.15) is 0 Å². The van der Waals surface area contributed by atoms with Gasteiger partial charge in [-0.15, -0.1) is 0 Å². The first-order chi connectivity index (χ1) is 18.6. The summed E-state index contributed by atoms with van der Waals surface area (Å²) >= 11 is 0. The number of carbonyl (C=O) groups is 2. The number of nitrogens with zero attached hydrogens (tertiary/aromatic N) is 2. The van der Waals surface area contributed by atoms with Crippen LogP contribution in [0.5, 0.6) is 0 Å². The predicted octanol–water partition coefficient (Wildman–Crippen LogP) is 5.62. The molecule has 1 unspecified atom stereocenters. The number of rotatable bonds is 9. The highest BCUT2D eigenvalue weighted by Gasteiger charge is 2.26. The molecule has 1 aromatic heterocycles. The van der Waals surface area contributed by atoms with E-state index in [-0.39, 0.29) is 17.9 Å². The summed E-state index contributed by atoms with van der Waals surface area (Å²) in [5, 5.41) is 3.25. The molecular weight excluding hydrogens is 517 g/mol. The molecule has 0 saturated carbocycles. The molecule has 4 aromatic rings. The Hall–Kier alpha value is -3.98. The van der Waals surface area contributed by atoms with Gasteiger partial charge in [0.2, 0.25) is 5.91 Å². The lowest BCUT2D eigenvalue weighted by Crippen LogP contribution is -2.42. The number of furan rings is 1. The third-order valence-corrected chi connectivity index (χ3v) is 7.60. The minimum Gasteiger partial charge on any atom is -0.455 e. The molecule has 2 amide bonds. The standard InChI is InChI=1S/C30H32FN3O4S/c1-19(2)33(20(3)35)15-16-34(39(5)37)26-18-27-25(17-24(26)21-9-7-6-8-10-21)28(30(36)32-4)29(38-27)22-11-13-23(31)14-12-22/h6-14,17-19H,15-16H2,1-5H3,(H,32,36). The van der Waals surface area contributed by atoms with Crippen LogP contribution in [-0.2, 0) is 15.8 Å². The lowest BCUT2D eigenvalue weighted by atomic mass is 9.98. The third kappa shape index (κ3) is 5.88. The molecule has 0 saturated heterocycles. The molecule has 1 N–H and O–H groups in total. The fraction of sp³-hybridized carbons (Fsp3) is 0.267. The highest BCUT2D eigenvalue weighted by molar-refractivity contribution is 7.85. The van der Waals surface area contributed by atoms with Gasteiger partial charge in [0.1, 0.15) is 28.1 Å². The average molecular weight is 550 g/mol. The van der Waals surface area contributed by atoms with Crippen LogP contribution in [0.15, 0.2) is 71.1 Å². The summed E-state index contributed by atoms with van der Waals surface area (Å²) < 4.78 is 34.7. The maximum absolute atomic E-state index is 13.7. The van der Waals surface area contributed by atoms with Gasteiger partial charge in [0.25, 0.3) is 5.91 Å². The average Bonchev–Trinajstić information content (AvgIpc) is 3.28. The Morgan fingerprint density at radius 1 is 1.00 bits per heavy atom. The molecule has 3 aromatic carbocycles. The van der Waals surface area contributed by atoms with E-state index in [1.807, 2.05) is 50.2 Å². The molecule has 1 heterocycles. The number of hydrogen-bond acceptors (Lipinski definition) is 4. The van der Waals surface area contributed by atoms with Crippen molar-refractivity contribution in [2.24, 2.45) is 0 Å². The molecular formula is C30H32FN3O4S. The van der Waals surface area contributed by atoms with Crippen molar-refractivity contribution < 1.29 is 22.6 Å². The van der Waals surface area contributed by atoms with Gasteiger partial charge in [0.15, 0.2) is 0 Å². The van der Waals surface area contributed by atoms with Gasteiger partial charge in [-0.1, -0.05) is 30.3 Å². The number of halogens is 1. The van der Waals surface area contributed by atoms with Crippen LogP contribution >= 0.6 is 0 Å². The Labute approximate surface area is 230 Å². The highest BCUT2D eigenvalue weighted by Crippen LogP contribution is 2.41. The zero-order valence-electron chi connectivity index (χ0n) is 22.7. The maximum Gasteiger partial charge on any atom is 0.255 e. The molecule has 0 fully saturated rings. The number of nitrogens with one attached hydrogen (secondary N) is 1. The minimum absolute atomic E-state index is 0.0100. The first-order valence-corrected chi connectivity index (χ1v) is 14.2. The minimum atomic E-state index is -1.44. The Bertz CT molecular complexity index is 1520. The van der Waals surface area contributed by atoms with Crippen molar-refractivity contribution in [2.45, 2.75) is 26.8 Å². The smallest absolute Gasteiger partial charge is 0.255 e. The summed E-state index contributed by atoms with van der Waals surface area (Å²) in [7, 11) is 0.102. The van der Waals surface area contributed by atoms with Crippen LogP contribution in [0.2, 0.25) is 0 Å². The first-order valence-electron chi connectivity index (χ1n) is 12.6. The molecule has 7 nitrogen and oxygen atoms in total. The topological polar surface area (TPSA) is 82.9 Å². The molecule has 0 aliphatic carbocycles. The lowest BCUT2D eigenvalue weighted by Gasteiger charge is -2.30. The zero-order chi connectivity index (χ0) is 28.3. The van der Waals surface area contributed by atoms with Gasteiger partial charge in [0.05, 0.1) is 11.3 Å². The van der Waals surface area contributed by atoms with Crippen LogP contribution in [0.25, 0.3) is 33.4 Å². The van der Waals surface area contributed by atoms with E-state index in [1.165, 1.54) is 19.1 Å². The van der Waals surface area contributed by atoms with Crippen LogP contribution in [0, 0.1) is 5.82 Å². The van der Waals surface area contributed by atoms with Gasteiger partial charge >= 0.3 is 0 Å². The van der Waals surface area contributed by atoms with Crippen molar-refractivity contribution in [1.29, 1.82) is 0 Å². The van der Waals surface area contributed by atoms with E-state index in [0.717, 1.165) is 11.1 Å². The lowest BCUT2D eigenvalue weighted by molar-refractivity contribution is -0.130. The summed E-state index contributed by atoms with van der Waals surface area (Å²) in [5.41, 5.74) is 3.57. The maximum atomic E-state index is 13.7. The van der Waals surface area contributed by atoms with Crippen molar-refractivity contribution in [1.82, 2.24) is 10.2 Å². The fourth-order valence-corrected chi connectivity index (χ4v) is 5.47. The summed E-state index contributed by atoms with van der Waals surface area (Å²) in [4.78, 5) is 27.0.